The van der Waals surface area contributed by atoms with Gasteiger partial charge in [0.15, 0.2) is 0 Å². The summed E-state index contributed by atoms with van der Waals surface area (Å²) in [6.45, 7) is 1.92. The third-order valence-electron chi connectivity index (χ3n) is 4.34. The minimum absolute atomic E-state index is 0.532. The highest BCUT2D eigenvalue weighted by Gasteiger charge is 2.30. The second-order valence-corrected chi connectivity index (χ2v) is 6.34. The van der Waals surface area contributed by atoms with E-state index in [1.54, 1.807) is 6.07 Å². The fourth-order valence-electron chi connectivity index (χ4n) is 2.93. The summed E-state index contributed by atoms with van der Waals surface area (Å²) >= 11 is 0. The molecule has 4 rings (SSSR count). The molecule has 4 nitrogen and oxygen atoms in total. The Balaban J connectivity index is 1.66. The molecule has 7 heteroatoms. The van der Waals surface area contributed by atoms with Gasteiger partial charge in [0.25, 0.3) is 0 Å². The Hall–Kier alpha value is -3.48. The topological polar surface area (TPSA) is 50.7 Å². The molecule has 0 aliphatic rings. The number of benzene rings is 2. The van der Waals surface area contributed by atoms with Crippen molar-refractivity contribution in [3.63, 3.8) is 0 Å². The van der Waals surface area contributed by atoms with Gasteiger partial charge in [-0.1, -0.05) is 24.3 Å². The number of anilines is 2. The minimum atomic E-state index is -4.36. The Morgan fingerprint density at radius 3 is 2.43 bits per heavy atom. The largest absolute Gasteiger partial charge is 0.416 e. The van der Waals surface area contributed by atoms with Gasteiger partial charge in [-0.15, -0.1) is 0 Å². The summed E-state index contributed by atoms with van der Waals surface area (Å²) in [5.41, 5.74) is 2.18. The lowest BCUT2D eigenvalue weighted by atomic mass is 10.1. The van der Waals surface area contributed by atoms with Gasteiger partial charge < -0.3 is 5.32 Å². The predicted octanol–water partition coefficient (Wildman–Crippen LogP) is 5.76. The van der Waals surface area contributed by atoms with Crippen molar-refractivity contribution >= 4 is 22.3 Å². The first-order valence-corrected chi connectivity index (χ1v) is 8.52. The van der Waals surface area contributed by atoms with Gasteiger partial charge in [0.05, 0.1) is 11.3 Å². The molecule has 0 saturated heterocycles. The summed E-state index contributed by atoms with van der Waals surface area (Å²) in [4.78, 5) is 12.7. The standard InChI is InChI=1S/C21H15F3N4/c1-13-9-17-15(11-25-13)3-2-4-18(17)28-20-10-19(26-12-27-20)14-5-7-16(8-6-14)21(22,23)24/h2-12H,1H3,(H,26,27,28). The monoisotopic (exact) mass is 380 g/mol. The number of halogens is 3. The van der Waals surface area contributed by atoms with Gasteiger partial charge in [-0.05, 0) is 31.2 Å². The van der Waals surface area contributed by atoms with Crippen molar-refractivity contribution in [2.24, 2.45) is 0 Å². The van der Waals surface area contributed by atoms with Crippen molar-refractivity contribution < 1.29 is 13.2 Å². The number of aromatic nitrogens is 3. The van der Waals surface area contributed by atoms with Crippen LogP contribution in [0, 0.1) is 6.92 Å². The highest BCUT2D eigenvalue weighted by Crippen LogP contribution is 2.31. The van der Waals surface area contributed by atoms with Crippen LogP contribution in [-0.2, 0) is 6.18 Å². The lowest BCUT2D eigenvalue weighted by Crippen LogP contribution is -2.04. The number of nitrogens with zero attached hydrogens (tertiary/aromatic N) is 3. The molecule has 2 aromatic heterocycles. The van der Waals surface area contributed by atoms with E-state index in [1.165, 1.54) is 18.5 Å². The molecule has 0 spiro atoms. The van der Waals surface area contributed by atoms with E-state index in [9.17, 15) is 13.2 Å². The molecule has 0 saturated carbocycles. The van der Waals surface area contributed by atoms with Gasteiger partial charge >= 0.3 is 6.18 Å². The summed E-state index contributed by atoms with van der Waals surface area (Å²) in [5.74, 6) is 0.548. The fraction of sp³-hybridized carbons (Fsp3) is 0.0952. The van der Waals surface area contributed by atoms with Crippen LogP contribution >= 0.6 is 0 Å². The van der Waals surface area contributed by atoms with E-state index in [0.717, 1.165) is 34.3 Å². The molecule has 140 valence electrons. The van der Waals surface area contributed by atoms with Crippen molar-refractivity contribution in [3.05, 3.63) is 78.4 Å². The van der Waals surface area contributed by atoms with Crippen molar-refractivity contribution in [1.29, 1.82) is 0 Å². The summed E-state index contributed by atoms with van der Waals surface area (Å²) in [5, 5.41) is 5.26. The maximum Gasteiger partial charge on any atom is 0.416 e. The molecular weight excluding hydrogens is 365 g/mol. The fourth-order valence-corrected chi connectivity index (χ4v) is 2.93. The normalized spacial score (nSPS) is 11.6. The molecule has 4 aromatic rings. The number of aryl methyl sites for hydroxylation is 1. The Morgan fingerprint density at radius 1 is 0.893 bits per heavy atom. The molecule has 0 aliphatic carbocycles. The summed E-state index contributed by atoms with van der Waals surface area (Å²) in [6, 6.07) is 14.4. The second kappa shape index (κ2) is 6.92. The molecule has 0 amide bonds. The molecule has 0 fully saturated rings. The lowest BCUT2D eigenvalue weighted by molar-refractivity contribution is -0.137. The van der Waals surface area contributed by atoms with Gasteiger partial charge in [0, 0.05) is 40.0 Å². The van der Waals surface area contributed by atoms with E-state index in [2.05, 4.69) is 20.3 Å². The van der Waals surface area contributed by atoms with Crippen LogP contribution in [0.5, 0.6) is 0 Å². The number of hydrogen-bond donors (Lipinski definition) is 1. The van der Waals surface area contributed by atoms with Crippen LogP contribution in [-0.4, -0.2) is 15.0 Å². The number of alkyl halides is 3. The van der Waals surface area contributed by atoms with Crippen LogP contribution < -0.4 is 5.32 Å². The zero-order valence-corrected chi connectivity index (χ0v) is 14.8. The average molecular weight is 380 g/mol. The Kier molecular flexibility index (Phi) is 4.43. The summed E-state index contributed by atoms with van der Waals surface area (Å²) in [6.07, 6.45) is -1.17. The first-order chi connectivity index (χ1) is 13.4. The van der Waals surface area contributed by atoms with Crippen LogP contribution in [0.1, 0.15) is 11.3 Å². The predicted molar refractivity (Wildman–Crippen MR) is 102 cm³/mol. The summed E-state index contributed by atoms with van der Waals surface area (Å²) in [7, 11) is 0. The van der Waals surface area contributed by atoms with Crippen molar-refractivity contribution in [2.75, 3.05) is 5.32 Å². The summed E-state index contributed by atoms with van der Waals surface area (Å²) < 4.78 is 38.2. The smallest absolute Gasteiger partial charge is 0.340 e. The zero-order chi connectivity index (χ0) is 19.7. The molecule has 0 aliphatic heterocycles. The first kappa shape index (κ1) is 17.9. The number of nitrogens with one attached hydrogen (secondary N) is 1. The highest BCUT2D eigenvalue weighted by atomic mass is 19.4. The quantitative estimate of drug-likeness (QED) is 0.491. The van der Waals surface area contributed by atoms with Crippen LogP contribution in [0.2, 0.25) is 0 Å². The minimum Gasteiger partial charge on any atom is -0.340 e. The van der Waals surface area contributed by atoms with Gasteiger partial charge in [0.2, 0.25) is 0 Å². The van der Waals surface area contributed by atoms with E-state index in [0.29, 0.717) is 17.1 Å². The second-order valence-electron chi connectivity index (χ2n) is 6.34. The van der Waals surface area contributed by atoms with E-state index in [-0.39, 0.29) is 0 Å². The maximum absolute atomic E-state index is 12.7. The highest BCUT2D eigenvalue weighted by molar-refractivity contribution is 5.95. The van der Waals surface area contributed by atoms with E-state index >= 15 is 0 Å². The van der Waals surface area contributed by atoms with E-state index in [1.807, 2.05) is 37.4 Å². The number of fused-ring (bicyclic) bond motifs is 1. The van der Waals surface area contributed by atoms with Crippen molar-refractivity contribution in [1.82, 2.24) is 15.0 Å². The Morgan fingerprint density at radius 2 is 1.68 bits per heavy atom. The van der Waals surface area contributed by atoms with Crippen molar-refractivity contribution in [3.8, 4) is 11.3 Å². The molecule has 0 atom stereocenters. The number of rotatable bonds is 3. The molecule has 1 N–H and O–H groups in total. The van der Waals surface area contributed by atoms with Crippen LogP contribution in [0.3, 0.4) is 0 Å². The lowest BCUT2D eigenvalue weighted by Gasteiger charge is -2.11. The zero-order valence-electron chi connectivity index (χ0n) is 14.8. The van der Waals surface area contributed by atoms with Gasteiger partial charge in [-0.25, -0.2) is 9.97 Å². The number of pyridine rings is 1. The molecule has 2 aromatic carbocycles. The Bertz CT molecular complexity index is 1140. The molecule has 0 radical (unpaired) electrons. The average Bonchev–Trinajstić information content (AvgIpc) is 2.68. The van der Waals surface area contributed by atoms with Gasteiger partial charge in [-0.2, -0.15) is 13.2 Å². The van der Waals surface area contributed by atoms with E-state index in [4.69, 9.17) is 0 Å². The van der Waals surface area contributed by atoms with E-state index < -0.39 is 11.7 Å². The molecule has 2 heterocycles. The molecule has 0 unspecified atom stereocenters. The van der Waals surface area contributed by atoms with Crippen LogP contribution in [0.25, 0.3) is 22.0 Å². The first-order valence-electron chi connectivity index (χ1n) is 8.52. The van der Waals surface area contributed by atoms with Gasteiger partial charge in [-0.3, -0.25) is 4.98 Å². The number of hydrogen-bond acceptors (Lipinski definition) is 4. The molecule has 28 heavy (non-hydrogen) atoms. The molecule has 0 bridgehead atoms. The third-order valence-corrected chi connectivity index (χ3v) is 4.34. The van der Waals surface area contributed by atoms with Crippen LogP contribution in [0.4, 0.5) is 24.7 Å². The van der Waals surface area contributed by atoms with Crippen LogP contribution in [0.15, 0.2) is 67.1 Å². The van der Waals surface area contributed by atoms with Crippen molar-refractivity contribution in [2.45, 2.75) is 13.1 Å². The van der Waals surface area contributed by atoms with Gasteiger partial charge in [0.1, 0.15) is 12.1 Å². The Labute approximate surface area is 159 Å². The SMILES string of the molecule is Cc1cc2c(Nc3cc(-c4ccc(C(F)(F)F)cc4)ncn3)cccc2cn1. The molecular formula is C21H15F3N4. The third kappa shape index (κ3) is 3.64. The maximum atomic E-state index is 12.7.